The first-order valence-electron chi connectivity index (χ1n) is 5.85. The van der Waals surface area contributed by atoms with Gasteiger partial charge in [-0.25, -0.2) is 5.32 Å². The fourth-order valence-corrected chi connectivity index (χ4v) is 2.85. The SMILES string of the molecule is c1ccc(CN2CC[C@H]3C[N]C[C@H]32)cc1. The van der Waals surface area contributed by atoms with Crippen LogP contribution in [0, 0.1) is 5.92 Å². The van der Waals surface area contributed by atoms with E-state index in [2.05, 4.69) is 40.5 Å². The molecule has 0 unspecified atom stereocenters. The molecule has 0 bridgehead atoms. The van der Waals surface area contributed by atoms with Crippen molar-refractivity contribution < 1.29 is 0 Å². The number of nitrogens with zero attached hydrogens (tertiary/aromatic N) is 2. The molecule has 2 fully saturated rings. The van der Waals surface area contributed by atoms with Gasteiger partial charge in [0.2, 0.25) is 0 Å². The van der Waals surface area contributed by atoms with Gasteiger partial charge in [-0.15, -0.1) is 0 Å². The van der Waals surface area contributed by atoms with Gasteiger partial charge in [0.25, 0.3) is 0 Å². The second-order valence-electron chi connectivity index (χ2n) is 4.66. The van der Waals surface area contributed by atoms with E-state index in [0.717, 1.165) is 31.6 Å². The molecule has 1 aromatic carbocycles. The highest BCUT2D eigenvalue weighted by atomic mass is 15.2. The van der Waals surface area contributed by atoms with Crippen LogP contribution in [0.2, 0.25) is 0 Å². The molecule has 2 atom stereocenters. The average molecular weight is 201 g/mol. The average Bonchev–Trinajstić information content (AvgIpc) is 2.85. The van der Waals surface area contributed by atoms with Crippen molar-refractivity contribution in [2.24, 2.45) is 5.92 Å². The summed E-state index contributed by atoms with van der Waals surface area (Å²) < 4.78 is 0. The predicted molar refractivity (Wildman–Crippen MR) is 60.6 cm³/mol. The molecule has 2 heterocycles. The Balaban J connectivity index is 1.69. The van der Waals surface area contributed by atoms with Gasteiger partial charge in [0, 0.05) is 25.7 Å². The van der Waals surface area contributed by atoms with Crippen LogP contribution in [0.3, 0.4) is 0 Å². The maximum atomic E-state index is 4.52. The molecule has 2 saturated heterocycles. The van der Waals surface area contributed by atoms with Crippen LogP contribution < -0.4 is 5.32 Å². The molecule has 0 amide bonds. The summed E-state index contributed by atoms with van der Waals surface area (Å²) in [7, 11) is 0. The van der Waals surface area contributed by atoms with Crippen molar-refractivity contribution in [1.29, 1.82) is 0 Å². The van der Waals surface area contributed by atoms with E-state index in [0.29, 0.717) is 0 Å². The van der Waals surface area contributed by atoms with Crippen molar-refractivity contribution >= 4 is 0 Å². The highest BCUT2D eigenvalue weighted by Gasteiger charge is 2.37. The van der Waals surface area contributed by atoms with Crippen molar-refractivity contribution in [3.8, 4) is 0 Å². The molecule has 79 valence electrons. The molecule has 1 aromatic rings. The molecule has 0 N–H and O–H groups in total. The van der Waals surface area contributed by atoms with E-state index in [1.807, 2.05) is 0 Å². The summed E-state index contributed by atoms with van der Waals surface area (Å²) in [5.74, 6) is 0.855. The van der Waals surface area contributed by atoms with Gasteiger partial charge in [-0.05, 0) is 24.4 Å². The molecule has 0 aliphatic carbocycles. The summed E-state index contributed by atoms with van der Waals surface area (Å²) in [6, 6.07) is 11.5. The molecule has 3 rings (SSSR count). The molecule has 15 heavy (non-hydrogen) atoms. The van der Waals surface area contributed by atoms with Gasteiger partial charge in [-0.3, -0.25) is 4.90 Å². The van der Waals surface area contributed by atoms with Gasteiger partial charge in [-0.2, -0.15) is 0 Å². The zero-order valence-electron chi connectivity index (χ0n) is 8.97. The third-order valence-corrected chi connectivity index (χ3v) is 3.71. The lowest BCUT2D eigenvalue weighted by molar-refractivity contribution is 0.244. The Bertz CT molecular complexity index is 323. The molecule has 2 heteroatoms. The number of fused-ring (bicyclic) bond motifs is 1. The zero-order chi connectivity index (χ0) is 10.1. The van der Waals surface area contributed by atoms with Crippen LogP contribution in [-0.4, -0.2) is 30.6 Å². The van der Waals surface area contributed by atoms with Crippen molar-refractivity contribution in [2.75, 3.05) is 19.6 Å². The lowest BCUT2D eigenvalue weighted by atomic mass is 10.1. The van der Waals surface area contributed by atoms with Gasteiger partial charge in [0.05, 0.1) is 0 Å². The zero-order valence-corrected chi connectivity index (χ0v) is 8.97. The smallest absolute Gasteiger partial charge is 0.0293 e. The molecule has 0 spiro atoms. The normalized spacial score (nSPS) is 30.7. The van der Waals surface area contributed by atoms with E-state index < -0.39 is 0 Å². The maximum Gasteiger partial charge on any atom is 0.0293 e. The molecule has 2 aliphatic heterocycles. The summed E-state index contributed by atoms with van der Waals surface area (Å²) in [5.41, 5.74) is 1.44. The lowest BCUT2D eigenvalue weighted by Crippen LogP contribution is -2.32. The Morgan fingerprint density at radius 1 is 1.20 bits per heavy atom. The molecule has 2 aliphatic rings. The largest absolute Gasteiger partial charge is 0.294 e. The van der Waals surface area contributed by atoms with Crippen molar-refractivity contribution in [1.82, 2.24) is 10.2 Å². The Labute approximate surface area is 91.3 Å². The predicted octanol–water partition coefficient (Wildman–Crippen LogP) is 1.50. The van der Waals surface area contributed by atoms with Crippen LogP contribution in [0.4, 0.5) is 0 Å². The van der Waals surface area contributed by atoms with Crippen molar-refractivity contribution in [2.45, 2.75) is 19.0 Å². The van der Waals surface area contributed by atoms with Gasteiger partial charge in [-0.1, -0.05) is 30.3 Å². The Hall–Kier alpha value is -0.860. The summed E-state index contributed by atoms with van der Waals surface area (Å²) in [5, 5.41) is 4.52. The van der Waals surface area contributed by atoms with Crippen LogP contribution in [0.1, 0.15) is 12.0 Å². The van der Waals surface area contributed by atoms with Gasteiger partial charge >= 0.3 is 0 Å². The highest BCUT2D eigenvalue weighted by Crippen LogP contribution is 2.28. The van der Waals surface area contributed by atoms with E-state index >= 15 is 0 Å². The standard InChI is InChI=1S/C13H17N2/c1-2-4-11(5-3-1)10-15-7-6-12-8-14-9-13(12)15/h1-5,12-13H,6-10H2/t12-,13+/m0/s1. The third kappa shape index (κ3) is 1.80. The van der Waals surface area contributed by atoms with E-state index in [1.165, 1.54) is 18.5 Å². The van der Waals surface area contributed by atoms with Crippen LogP contribution in [-0.2, 0) is 6.54 Å². The Kier molecular flexibility index (Phi) is 2.47. The second-order valence-corrected chi connectivity index (χ2v) is 4.66. The number of hydrogen-bond donors (Lipinski definition) is 0. The molecule has 0 aromatic heterocycles. The first-order valence-corrected chi connectivity index (χ1v) is 5.85. The molecule has 2 nitrogen and oxygen atoms in total. The number of benzene rings is 1. The summed E-state index contributed by atoms with van der Waals surface area (Å²) in [6.45, 7) is 4.55. The Morgan fingerprint density at radius 2 is 2.07 bits per heavy atom. The van der Waals surface area contributed by atoms with E-state index in [-0.39, 0.29) is 0 Å². The van der Waals surface area contributed by atoms with Crippen molar-refractivity contribution in [3.63, 3.8) is 0 Å². The summed E-state index contributed by atoms with van der Waals surface area (Å²) >= 11 is 0. The fourth-order valence-electron chi connectivity index (χ4n) is 2.85. The summed E-state index contributed by atoms with van der Waals surface area (Å²) in [4.78, 5) is 2.61. The summed E-state index contributed by atoms with van der Waals surface area (Å²) in [6.07, 6.45) is 1.35. The van der Waals surface area contributed by atoms with E-state index in [4.69, 9.17) is 0 Å². The van der Waals surface area contributed by atoms with Gasteiger partial charge in [0.1, 0.15) is 0 Å². The molecular weight excluding hydrogens is 184 g/mol. The van der Waals surface area contributed by atoms with Crippen LogP contribution in [0.25, 0.3) is 0 Å². The fraction of sp³-hybridized carbons (Fsp3) is 0.538. The van der Waals surface area contributed by atoms with Gasteiger partial charge < -0.3 is 0 Å². The Morgan fingerprint density at radius 3 is 2.93 bits per heavy atom. The number of likely N-dealkylation sites (tertiary alicyclic amines) is 1. The lowest BCUT2D eigenvalue weighted by Gasteiger charge is -2.22. The topological polar surface area (TPSA) is 17.3 Å². The highest BCUT2D eigenvalue weighted by molar-refractivity contribution is 5.15. The minimum Gasteiger partial charge on any atom is -0.294 e. The van der Waals surface area contributed by atoms with Crippen LogP contribution in [0.15, 0.2) is 30.3 Å². The quantitative estimate of drug-likeness (QED) is 0.708. The van der Waals surface area contributed by atoms with Crippen LogP contribution >= 0.6 is 0 Å². The van der Waals surface area contributed by atoms with Crippen molar-refractivity contribution in [3.05, 3.63) is 35.9 Å². The first kappa shape index (κ1) is 9.37. The number of rotatable bonds is 2. The minimum absolute atomic E-state index is 0.741. The van der Waals surface area contributed by atoms with Gasteiger partial charge in [0.15, 0.2) is 0 Å². The first-order chi connectivity index (χ1) is 7.43. The maximum absolute atomic E-state index is 4.52. The molecular formula is C13H17N2. The van der Waals surface area contributed by atoms with Crippen LogP contribution in [0.5, 0.6) is 0 Å². The second kappa shape index (κ2) is 3.95. The minimum atomic E-state index is 0.741. The van der Waals surface area contributed by atoms with E-state index in [1.54, 1.807) is 0 Å². The third-order valence-electron chi connectivity index (χ3n) is 3.71. The molecule has 1 radical (unpaired) electrons. The molecule has 0 saturated carbocycles. The number of hydrogen-bond acceptors (Lipinski definition) is 1. The monoisotopic (exact) mass is 201 g/mol. The van der Waals surface area contributed by atoms with E-state index in [9.17, 15) is 0 Å².